The van der Waals surface area contributed by atoms with E-state index in [9.17, 15) is 14.7 Å². The van der Waals surface area contributed by atoms with Crippen LogP contribution < -0.4 is 5.32 Å². The molecule has 1 aromatic rings. The molecule has 0 saturated carbocycles. The van der Waals surface area contributed by atoms with Crippen LogP contribution in [0.1, 0.15) is 25.0 Å². The van der Waals surface area contributed by atoms with Crippen LogP contribution >= 0.6 is 0 Å². The van der Waals surface area contributed by atoms with E-state index < -0.39 is 18.4 Å². The summed E-state index contributed by atoms with van der Waals surface area (Å²) in [7, 11) is 0. The van der Waals surface area contributed by atoms with Crippen molar-refractivity contribution in [3.8, 4) is 0 Å². The predicted molar refractivity (Wildman–Crippen MR) is 81.0 cm³/mol. The van der Waals surface area contributed by atoms with E-state index in [1.54, 1.807) is 26.0 Å². The summed E-state index contributed by atoms with van der Waals surface area (Å²) in [5.41, 5.74) is 2.03. The smallest absolute Gasteiger partial charge is 0.322 e. The van der Waals surface area contributed by atoms with Gasteiger partial charge in [0.1, 0.15) is 6.54 Å². The van der Waals surface area contributed by atoms with E-state index in [0.29, 0.717) is 17.8 Å². The summed E-state index contributed by atoms with van der Waals surface area (Å²) >= 11 is 0. The van der Waals surface area contributed by atoms with Crippen molar-refractivity contribution in [2.24, 2.45) is 5.10 Å². The van der Waals surface area contributed by atoms with Crippen molar-refractivity contribution in [3.63, 3.8) is 0 Å². The van der Waals surface area contributed by atoms with Gasteiger partial charge in [0.15, 0.2) is 11.5 Å². The van der Waals surface area contributed by atoms with Gasteiger partial charge in [-0.05, 0) is 19.4 Å². The first-order valence-electron chi connectivity index (χ1n) is 6.71. The maximum absolute atomic E-state index is 12.2. The third kappa shape index (κ3) is 3.25. The fourth-order valence-corrected chi connectivity index (χ4v) is 2.17. The van der Waals surface area contributed by atoms with Gasteiger partial charge < -0.3 is 15.5 Å². The molecular weight excluding hydrogens is 286 g/mol. The molecule has 0 fully saturated rings. The molecule has 0 aliphatic carbocycles. The number of amides is 1. The fourth-order valence-electron chi connectivity index (χ4n) is 2.17. The molecule has 0 radical (unpaired) electrons. The summed E-state index contributed by atoms with van der Waals surface area (Å²) in [6, 6.07) is 7.13. The number of carbonyl (C=O) groups excluding carboxylic acids is 1. The predicted octanol–water partition coefficient (Wildman–Crippen LogP) is 1.33. The second-order valence-electron chi connectivity index (χ2n) is 5.04. The largest absolute Gasteiger partial charge is 0.505 e. The van der Waals surface area contributed by atoms with Crippen LogP contribution in [0.3, 0.4) is 0 Å². The zero-order valence-corrected chi connectivity index (χ0v) is 12.3. The third-order valence-electron chi connectivity index (χ3n) is 3.01. The highest BCUT2D eigenvalue weighted by Gasteiger charge is 2.29. The summed E-state index contributed by atoms with van der Waals surface area (Å²) in [6.07, 6.45) is 0. The topological polar surface area (TPSA) is 102 Å². The Bertz CT molecular complexity index is 675. The van der Waals surface area contributed by atoms with E-state index >= 15 is 0 Å². The molecular formula is C15H17N3O4. The van der Waals surface area contributed by atoms with Crippen molar-refractivity contribution in [2.75, 3.05) is 6.54 Å². The molecule has 116 valence electrons. The normalized spacial score (nSPS) is 13.5. The van der Waals surface area contributed by atoms with Crippen molar-refractivity contribution in [1.82, 2.24) is 10.3 Å². The highest BCUT2D eigenvalue weighted by molar-refractivity contribution is 6.01. The molecule has 1 aliphatic heterocycles. The van der Waals surface area contributed by atoms with Crippen molar-refractivity contribution >= 4 is 23.3 Å². The molecule has 0 unspecified atom stereocenters. The van der Waals surface area contributed by atoms with Gasteiger partial charge in [0.2, 0.25) is 0 Å². The Morgan fingerprint density at radius 3 is 2.64 bits per heavy atom. The van der Waals surface area contributed by atoms with Gasteiger partial charge in [0, 0.05) is 11.3 Å². The number of carboxylic acids is 1. The number of nitrogens with one attached hydrogen (secondary N) is 1. The van der Waals surface area contributed by atoms with E-state index in [1.807, 2.05) is 12.1 Å². The number of nitrogens with zero attached hydrogens (tertiary/aromatic N) is 2. The lowest BCUT2D eigenvalue weighted by molar-refractivity contribution is -0.137. The first-order valence-corrected chi connectivity index (χ1v) is 6.71. The van der Waals surface area contributed by atoms with Crippen LogP contribution in [0.15, 0.2) is 35.1 Å². The molecule has 0 saturated heterocycles. The Labute approximate surface area is 127 Å². The Morgan fingerprint density at radius 2 is 2.00 bits per heavy atom. The number of hydrazone groups is 1. The molecule has 7 heteroatoms. The van der Waals surface area contributed by atoms with Crippen LogP contribution in [0.2, 0.25) is 0 Å². The fraction of sp³-hybridized carbons (Fsp3) is 0.267. The van der Waals surface area contributed by atoms with Crippen molar-refractivity contribution < 1.29 is 19.8 Å². The van der Waals surface area contributed by atoms with Gasteiger partial charge in [-0.3, -0.25) is 14.6 Å². The number of carbonyl (C=O) groups is 2. The van der Waals surface area contributed by atoms with E-state index in [0.717, 1.165) is 5.56 Å². The SMILES string of the molecule is CC(C)=NN1Cc2ccccc2C(O)=C1C(=O)NCC(=O)O. The first kappa shape index (κ1) is 15.6. The Balaban J connectivity index is 2.45. The minimum atomic E-state index is -1.16. The Kier molecular flexibility index (Phi) is 4.45. The maximum atomic E-state index is 12.2. The minimum absolute atomic E-state index is 0.0545. The van der Waals surface area contributed by atoms with Crippen LogP contribution in [0, 0.1) is 0 Å². The average Bonchev–Trinajstić information content (AvgIpc) is 2.44. The van der Waals surface area contributed by atoms with Gasteiger partial charge in [-0.2, -0.15) is 5.10 Å². The number of rotatable bonds is 4. The van der Waals surface area contributed by atoms with Crippen LogP contribution in [0.4, 0.5) is 0 Å². The molecule has 0 atom stereocenters. The van der Waals surface area contributed by atoms with E-state index in [2.05, 4.69) is 10.4 Å². The van der Waals surface area contributed by atoms with Gasteiger partial charge in [-0.15, -0.1) is 0 Å². The zero-order chi connectivity index (χ0) is 16.3. The lowest BCUT2D eigenvalue weighted by Crippen LogP contribution is -2.38. The number of fused-ring (bicyclic) bond motifs is 1. The van der Waals surface area contributed by atoms with Crippen molar-refractivity contribution in [1.29, 1.82) is 0 Å². The molecule has 0 aromatic heterocycles. The number of hydrogen-bond donors (Lipinski definition) is 3. The Morgan fingerprint density at radius 1 is 1.32 bits per heavy atom. The summed E-state index contributed by atoms with van der Waals surface area (Å²) in [4.78, 5) is 22.8. The molecule has 0 bridgehead atoms. The zero-order valence-electron chi connectivity index (χ0n) is 12.3. The second-order valence-corrected chi connectivity index (χ2v) is 5.04. The molecule has 1 aromatic carbocycles. The van der Waals surface area contributed by atoms with Crippen molar-refractivity contribution in [3.05, 3.63) is 41.1 Å². The molecule has 1 amide bonds. The molecule has 2 rings (SSSR count). The number of hydrogen-bond acceptors (Lipinski definition) is 5. The van der Waals surface area contributed by atoms with Crippen LogP contribution in [-0.2, 0) is 16.1 Å². The highest BCUT2D eigenvalue weighted by Crippen LogP contribution is 2.30. The third-order valence-corrected chi connectivity index (χ3v) is 3.01. The summed E-state index contributed by atoms with van der Waals surface area (Å²) in [5.74, 6) is -2.06. The highest BCUT2D eigenvalue weighted by atomic mass is 16.4. The number of benzene rings is 1. The van der Waals surface area contributed by atoms with E-state index in [4.69, 9.17) is 5.11 Å². The molecule has 1 heterocycles. The first-order chi connectivity index (χ1) is 10.4. The molecule has 3 N–H and O–H groups in total. The Hall–Kier alpha value is -2.83. The standard InChI is InChI=1S/C15H17N3O4/c1-9(2)17-18-8-10-5-3-4-6-11(10)14(21)13(18)15(22)16-7-12(19)20/h3-6,21H,7-8H2,1-2H3,(H,16,22)(H,19,20). The maximum Gasteiger partial charge on any atom is 0.322 e. The van der Waals surface area contributed by atoms with Gasteiger partial charge in [-0.25, -0.2) is 0 Å². The van der Waals surface area contributed by atoms with E-state index in [1.165, 1.54) is 5.01 Å². The van der Waals surface area contributed by atoms with E-state index in [-0.39, 0.29) is 11.5 Å². The van der Waals surface area contributed by atoms with Crippen LogP contribution in [-0.4, -0.2) is 39.4 Å². The number of aliphatic hydroxyl groups is 1. The van der Waals surface area contributed by atoms with Gasteiger partial charge in [0.05, 0.1) is 6.54 Å². The number of aliphatic carboxylic acids is 1. The van der Waals surface area contributed by atoms with Gasteiger partial charge in [0.25, 0.3) is 5.91 Å². The number of carboxylic acid groups (broad SMARTS) is 1. The monoisotopic (exact) mass is 303 g/mol. The van der Waals surface area contributed by atoms with Crippen molar-refractivity contribution in [2.45, 2.75) is 20.4 Å². The lowest BCUT2D eigenvalue weighted by atomic mass is 10.0. The average molecular weight is 303 g/mol. The molecule has 7 nitrogen and oxygen atoms in total. The minimum Gasteiger partial charge on any atom is -0.505 e. The van der Waals surface area contributed by atoms with Crippen LogP contribution in [0.5, 0.6) is 0 Å². The van der Waals surface area contributed by atoms with Crippen LogP contribution in [0.25, 0.3) is 5.76 Å². The number of aliphatic hydroxyl groups excluding tert-OH is 1. The lowest BCUT2D eigenvalue weighted by Gasteiger charge is -2.28. The quantitative estimate of drug-likeness (QED) is 0.728. The summed E-state index contributed by atoms with van der Waals surface area (Å²) in [6.45, 7) is 3.33. The second kappa shape index (κ2) is 6.30. The summed E-state index contributed by atoms with van der Waals surface area (Å²) in [5, 5.41) is 26.9. The van der Waals surface area contributed by atoms with Gasteiger partial charge >= 0.3 is 5.97 Å². The molecule has 0 spiro atoms. The molecule has 22 heavy (non-hydrogen) atoms. The molecule has 1 aliphatic rings. The summed E-state index contributed by atoms with van der Waals surface area (Å²) < 4.78 is 0. The van der Waals surface area contributed by atoms with Gasteiger partial charge in [-0.1, -0.05) is 24.3 Å².